The third-order valence-electron chi connectivity index (χ3n) is 2.43. The summed E-state index contributed by atoms with van der Waals surface area (Å²) < 4.78 is 13.6. The van der Waals surface area contributed by atoms with Crippen LogP contribution < -0.4 is 5.32 Å². The Kier molecular flexibility index (Phi) is 3.18. The number of halogens is 1. The van der Waals surface area contributed by atoms with E-state index in [1.807, 2.05) is 0 Å². The van der Waals surface area contributed by atoms with Gasteiger partial charge in [0, 0.05) is 6.20 Å². The molecule has 0 radical (unpaired) electrons. The van der Waals surface area contributed by atoms with Crippen molar-refractivity contribution in [2.45, 2.75) is 13.5 Å². The molecule has 2 rings (SSSR count). The molecule has 1 heterocycles. The molecule has 2 N–H and O–H groups in total. The van der Waals surface area contributed by atoms with Gasteiger partial charge in [0.05, 0.1) is 17.8 Å². The maximum atomic E-state index is 13.6. The quantitative estimate of drug-likeness (QED) is 0.849. The predicted octanol–water partition coefficient (Wildman–Crippen LogP) is 1.79. The fourth-order valence-electron chi connectivity index (χ4n) is 1.48. The maximum Gasteiger partial charge on any atom is 0.254 e. The van der Waals surface area contributed by atoms with Crippen molar-refractivity contribution in [1.29, 1.82) is 0 Å². The lowest BCUT2D eigenvalue weighted by atomic mass is 10.1. The second-order valence-corrected chi connectivity index (χ2v) is 3.70. The van der Waals surface area contributed by atoms with Crippen molar-refractivity contribution < 1.29 is 9.18 Å². The third-order valence-corrected chi connectivity index (χ3v) is 2.43. The van der Waals surface area contributed by atoms with Gasteiger partial charge in [-0.25, -0.2) is 4.39 Å². The highest BCUT2D eigenvalue weighted by Crippen LogP contribution is 2.11. The van der Waals surface area contributed by atoms with Crippen LogP contribution >= 0.6 is 0 Å². The van der Waals surface area contributed by atoms with Crippen molar-refractivity contribution in [3.63, 3.8) is 0 Å². The Morgan fingerprint density at radius 2 is 2.29 bits per heavy atom. The molecule has 0 fully saturated rings. The van der Waals surface area contributed by atoms with Gasteiger partial charge in [-0.15, -0.1) is 0 Å². The fraction of sp³-hybridized carbons (Fsp3) is 0.167. The van der Waals surface area contributed by atoms with Gasteiger partial charge in [0.25, 0.3) is 5.91 Å². The van der Waals surface area contributed by atoms with E-state index in [0.717, 1.165) is 5.69 Å². The standard InChI is InChI=1S/C12H12FN3O/c1-8-3-2-4-10(11(8)13)12(17)14-7-9-5-6-15-16-9/h2-6H,7H2,1H3,(H,14,17)(H,15,16). The molecule has 17 heavy (non-hydrogen) atoms. The first kappa shape index (κ1) is 11.3. The van der Waals surface area contributed by atoms with Crippen LogP contribution in [0.4, 0.5) is 4.39 Å². The molecule has 2 aromatic rings. The Morgan fingerprint density at radius 3 is 3.00 bits per heavy atom. The lowest BCUT2D eigenvalue weighted by molar-refractivity contribution is 0.0946. The summed E-state index contributed by atoms with van der Waals surface area (Å²) in [6, 6.07) is 6.49. The van der Waals surface area contributed by atoms with Crippen LogP contribution in [-0.4, -0.2) is 16.1 Å². The zero-order valence-electron chi connectivity index (χ0n) is 9.33. The summed E-state index contributed by atoms with van der Waals surface area (Å²) in [4.78, 5) is 11.7. The largest absolute Gasteiger partial charge is 0.346 e. The van der Waals surface area contributed by atoms with Gasteiger partial charge < -0.3 is 5.32 Å². The highest BCUT2D eigenvalue weighted by molar-refractivity contribution is 5.94. The molecule has 4 nitrogen and oxygen atoms in total. The molecule has 0 spiro atoms. The Bertz CT molecular complexity index is 523. The minimum Gasteiger partial charge on any atom is -0.346 e. The number of H-pyrrole nitrogens is 1. The average Bonchev–Trinajstić information content (AvgIpc) is 2.82. The van der Waals surface area contributed by atoms with E-state index in [9.17, 15) is 9.18 Å². The van der Waals surface area contributed by atoms with Crippen LogP contribution in [0, 0.1) is 12.7 Å². The fourth-order valence-corrected chi connectivity index (χ4v) is 1.48. The van der Waals surface area contributed by atoms with Crippen molar-refractivity contribution in [1.82, 2.24) is 15.5 Å². The first-order valence-corrected chi connectivity index (χ1v) is 5.20. The van der Waals surface area contributed by atoms with E-state index in [2.05, 4.69) is 15.5 Å². The van der Waals surface area contributed by atoms with Crippen molar-refractivity contribution in [2.75, 3.05) is 0 Å². The van der Waals surface area contributed by atoms with Gasteiger partial charge in [0.1, 0.15) is 5.82 Å². The summed E-state index contributed by atoms with van der Waals surface area (Å²) >= 11 is 0. The number of amides is 1. The zero-order valence-corrected chi connectivity index (χ0v) is 9.33. The van der Waals surface area contributed by atoms with E-state index in [-0.39, 0.29) is 5.56 Å². The summed E-state index contributed by atoms with van der Waals surface area (Å²) in [6.07, 6.45) is 1.59. The normalized spacial score (nSPS) is 10.2. The molecule has 0 aliphatic rings. The number of benzene rings is 1. The Morgan fingerprint density at radius 1 is 1.47 bits per heavy atom. The van der Waals surface area contributed by atoms with E-state index >= 15 is 0 Å². The number of carbonyl (C=O) groups excluding carboxylic acids is 1. The van der Waals surface area contributed by atoms with Crippen LogP contribution in [0.5, 0.6) is 0 Å². The minimum atomic E-state index is -0.477. The molecule has 0 saturated carbocycles. The van der Waals surface area contributed by atoms with Gasteiger partial charge in [0.15, 0.2) is 0 Å². The van der Waals surface area contributed by atoms with Gasteiger partial charge in [0.2, 0.25) is 0 Å². The van der Waals surface area contributed by atoms with Crippen LogP contribution in [0.2, 0.25) is 0 Å². The number of hydrogen-bond donors (Lipinski definition) is 2. The number of rotatable bonds is 3. The summed E-state index contributed by atoms with van der Waals surface area (Å²) in [6.45, 7) is 1.92. The number of nitrogens with one attached hydrogen (secondary N) is 2. The predicted molar refractivity (Wildman–Crippen MR) is 60.9 cm³/mol. The van der Waals surface area contributed by atoms with Gasteiger partial charge in [-0.1, -0.05) is 12.1 Å². The van der Waals surface area contributed by atoms with E-state index in [4.69, 9.17) is 0 Å². The van der Waals surface area contributed by atoms with Crippen LogP contribution in [0.3, 0.4) is 0 Å². The molecular formula is C12H12FN3O. The number of carbonyl (C=O) groups is 1. The minimum absolute atomic E-state index is 0.0597. The second kappa shape index (κ2) is 4.78. The SMILES string of the molecule is Cc1cccc(C(=O)NCc2ccn[nH]2)c1F. The van der Waals surface area contributed by atoms with E-state index in [1.54, 1.807) is 31.3 Å². The topological polar surface area (TPSA) is 57.8 Å². The Labute approximate surface area is 97.9 Å². The van der Waals surface area contributed by atoms with Crippen molar-refractivity contribution in [3.8, 4) is 0 Å². The van der Waals surface area contributed by atoms with Gasteiger partial charge in [-0.2, -0.15) is 5.10 Å². The average molecular weight is 233 g/mol. The number of aromatic amines is 1. The zero-order chi connectivity index (χ0) is 12.3. The number of nitrogens with zero attached hydrogens (tertiary/aromatic N) is 1. The van der Waals surface area contributed by atoms with E-state index in [0.29, 0.717) is 12.1 Å². The molecule has 1 amide bonds. The first-order chi connectivity index (χ1) is 8.18. The summed E-state index contributed by atoms with van der Waals surface area (Å²) in [5.74, 6) is -0.907. The van der Waals surface area contributed by atoms with Crippen molar-refractivity contribution in [2.24, 2.45) is 0 Å². The van der Waals surface area contributed by atoms with Crippen molar-refractivity contribution in [3.05, 3.63) is 53.1 Å². The third kappa shape index (κ3) is 2.50. The van der Waals surface area contributed by atoms with Gasteiger partial charge >= 0.3 is 0 Å². The molecule has 88 valence electrons. The second-order valence-electron chi connectivity index (χ2n) is 3.70. The molecule has 0 aliphatic carbocycles. The van der Waals surface area contributed by atoms with E-state index < -0.39 is 11.7 Å². The van der Waals surface area contributed by atoms with Crippen molar-refractivity contribution >= 4 is 5.91 Å². The number of hydrogen-bond acceptors (Lipinski definition) is 2. The lowest BCUT2D eigenvalue weighted by Crippen LogP contribution is -2.24. The number of aryl methyl sites for hydroxylation is 1. The summed E-state index contributed by atoms with van der Waals surface area (Å²) in [7, 11) is 0. The molecule has 0 bridgehead atoms. The monoisotopic (exact) mass is 233 g/mol. The summed E-state index contributed by atoms with van der Waals surface area (Å²) in [5.41, 5.74) is 1.29. The van der Waals surface area contributed by atoms with Crippen LogP contribution in [0.25, 0.3) is 0 Å². The molecule has 0 aliphatic heterocycles. The van der Waals surface area contributed by atoms with Crippen LogP contribution in [-0.2, 0) is 6.54 Å². The highest BCUT2D eigenvalue weighted by atomic mass is 19.1. The maximum absolute atomic E-state index is 13.6. The first-order valence-electron chi connectivity index (χ1n) is 5.20. The highest BCUT2D eigenvalue weighted by Gasteiger charge is 2.12. The van der Waals surface area contributed by atoms with Crippen LogP contribution in [0.15, 0.2) is 30.5 Å². The number of aromatic nitrogens is 2. The Balaban J connectivity index is 2.07. The lowest BCUT2D eigenvalue weighted by Gasteiger charge is -2.06. The molecule has 0 atom stereocenters. The molecular weight excluding hydrogens is 221 g/mol. The smallest absolute Gasteiger partial charge is 0.254 e. The Hall–Kier alpha value is -2.17. The molecule has 0 unspecified atom stereocenters. The van der Waals surface area contributed by atoms with E-state index in [1.165, 1.54) is 6.07 Å². The van der Waals surface area contributed by atoms with Gasteiger partial charge in [-0.3, -0.25) is 9.89 Å². The molecule has 0 saturated heterocycles. The molecule has 1 aromatic heterocycles. The van der Waals surface area contributed by atoms with Crippen LogP contribution in [0.1, 0.15) is 21.6 Å². The molecule has 5 heteroatoms. The van der Waals surface area contributed by atoms with Gasteiger partial charge in [-0.05, 0) is 24.6 Å². The molecule has 1 aromatic carbocycles. The summed E-state index contributed by atoms with van der Waals surface area (Å²) in [5, 5.41) is 9.08.